The molecule has 0 saturated carbocycles. The third-order valence-corrected chi connectivity index (χ3v) is 3.48. The summed E-state index contributed by atoms with van der Waals surface area (Å²) >= 11 is 0. The standard InChI is InChI=1S/C15H18N2O3/c1-2-5-12(16)14(18)17-9-4-7-10-11(15(19)20)6-3-8-13(10)17/h2-3,6,8,12H,1,4-5,7,9,16H2,(H,19,20). The zero-order chi connectivity index (χ0) is 14.7. The Morgan fingerprint density at radius 1 is 1.50 bits per heavy atom. The van der Waals surface area contributed by atoms with Gasteiger partial charge in [-0.2, -0.15) is 0 Å². The summed E-state index contributed by atoms with van der Waals surface area (Å²) in [4.78, 5) is 25.2. The lowest BCUT2D eigenvalue weighted by Gasteiger charge is -2.32. The first-order valence-corrected chi connectivity index (χ1v) is 6.59. The summed E-state index contributed by atoms with van der Waals surface area (Å²) in [7, 11) is 0. The molecule has 0 bridgehead atoms. The van der Waals surface area contributed by atoms with Crippen LogP contribution in [0.4, 0.5) is 5.69 Å². The molecule has 20 heavy (non-hydrogen) atoms. The summed E-state index contributed by atoms with van der Waals surface area (Å²) in [5.41, 5.74) is 7.48. The van der Waals surface area contributed by atoms with E-state index in [1.165, 1.54) is 0 Å². The van der Waals surface area contributed by atoms with Gasteiger partial charge in [0, 0.05) is 12.2 Å². The summed E-state index contributed by atoms with van der Waals surface area (Å²) in [5, 5.41) is 9.22. The number of carbonyl (C=O) groups excluding carboxylic acids is 1. The monoisotopic (exact) mass is 274 g/mol. The van der Waals surface area contributed by atoms with E-state index in [1.807, 2.05) is 0 Å². The van der Waals surface area contributed by atoms with Gasteiger partial charge in [-0.1, -0.05) is 12.1 Å². The number of benzene rings is 1. The van der Waals surface area contributed by atoms with Crippen molar-refractivity contribution in [3.8, 4) is 0 Å². The second kappa shape index (κ2) is 5.88. The number of nitrogens with two attached hydrogens (primary N) is 1. The lowest BCUT2D eigenvalue weighted by atomic mass is 9.95. The Labute approximate surface area is 117 Å². The molecule has 2 rings (SSSR count). The first kappa shape index (κ1) is 14.3. The molecule has 1 aliphatic heterocycles. The summed E-state index contributed by atoms with van der Waals surface area (Å²) in [6.07, 6.45) is 3.42. The Morgan fingerprint density at radius 2 is 2.25 bits per heavy atom. The van der Waals surface area contributed by atoms with Gasteiger partial charge in [0.25, 0.3) is 0 Å². The summed E-state index contributed by atoms with van der Waals surface area (Å²) < 4.78 is 0. The highest BCUT2D eigenvalue weighted by molar-refractivity contribution is 6.00. The molecule has 106 valence electrons. The average molecular weight is 274 g/mol. The van der Waals surface area contributed by atoms with Crippen molar-refractivity contribution in [2.45, 2.75) is 25.3 Å². The van der Waals surface area contributed by atoms with Crippen LogP contribution < -0.4 is 10.6 Å². The highest BCUT2D eigenvalue weighted by atomic mass is 16.4. The lowest BCUT2D eigenvalue weighted by molar-refractivity contribution is -0.119. The molecule has 0 spiro atoms. The van der Waals surface area contributed by atoms with E-state index >= 15 is 0 Å². The predicted octanol–water partition coefficient (Wildman–Crippen LogP) is 1.57. The van der Waals surface area contributed by atoms with E-state index in [4.69, 9.17) is 5.73 Å². The van der Waals surface area contributed by atoms with E-state index in [1.54, 1.807) is 29.2 Å². The average Bonchev–Trinajstić information content (AvgIpc) is 2.45. The van der Waals surface area contributed by atoms with Crippen LogP contribution in [0.5, 0.6) is 0 Å². The van der Waals surface area contributed by atoms with Gasteiger partial charge in [-0.15, -0.1) is 6.58 Å². The number of carboxylic acid groups (broad SMARTS) is 1. The Kier molecular flexibility index (Phi) is 4.20. The first-order chi connectivity index (χ1) is 9.56. The van der Waals surface area contributed by atoms with E-state index < -0.39 is 12.0 Å². The molecule has 1 aromatic rings. The van der Waals surface area contributed by atoms with Crippen LogP contribution >= 0.6 is 0 Å². The minimum atomic E-state index is -0.966. The second-order valence-electron chi connectivity index (χ2n) is 4.83. The van der Waals surface area contributed by atoms with Gasteiger partial charge in [-0.25, -0.2) is 4.79 Å². The Morgan fingerprint density at radius 3 is 2.90 bits per heavy atom. The quantitative estimate of drug-likeness (QED) is 0.816. The van der Waals surface area contributed by atoms with Crippen LogP contribution in [0.25, 0.3) is 0 Å². The number of aromatic carboxylic acids is 1. The van der Waals surface area contributed by atoms with E-state index in [2.05, 4.69) is 6.58 Å². The first-order valence-electron chi connectivity index (χ1n) is 6.59. The van der Waals surface area contributed by atoms with E-state index in [0.717, 1.165) is 6.42 Å². The third-order valence-electron chi connectivity index (χ3n) is 3.48. The van der Waals surface area contributed by atoms with Crippen LogP contribution in [0.1, 0.15) is 28.8 Å². The van der Waals surface area contributed by atoms with Crippen molar-refractivity contribution in [2.24, 2.45) is 5.73 Å². The van der Waals surface area contributed by atoms with Crippen LogP contribution in [-0.4, -0.2) is 29.6 Å². The minimum absolute atomic E-state index is 0.187. The van der Waals surface area contributed by atoms with Crippen molar-refractivity contribution in [3.63, 3.8) is 0 Å². The molecule has 0 saturated heterocycles. The lowest BCUT2D eigenvalue weighted by Crippen LogP contribution is -2.46. The van der Waals surface area contributed by atoms with Crippen molar-refractivity contribution in [2.75, 3.05) is 11.4 Å². The molecule has 3 N–H and O–H groups in total. The Balaban J connectivity index is 2.38. The van der Waals surface area contributed by atoms with Crippen LogP contribution in [0.15, 0.2) is 30.9 Å². The van der Waals surface area contributed by atoms with Gasteiger partial charge >= 0.3 is 5.97 Å². The van der Waals surface area contributed by atoms with Crippen molar-refractivity contribution >= 4 is 17.6 Å². The van der Waals surface area contributed by atoms with Crippen molar-refractivity contribution in [1.82, 2.24) is 0 Å². The minimum Gasteiger partial charge on any atom is -0.478 e. The molecule has 1 heterocycles. The fraction of sp³-hybridized carbons (Fsp3) is 0.333. The molecule has 0 fully saturated rings. The SMILES string of the molecule is C=CCC(N)C(=O)N1CCCc2c(C(=O)O)cccc21. The number of hydrogen-bond donors (Lipinski definition) is 2. The fourth-order valence-corrected chi connectivity index (χ4v) is 2.53. The number of rotatable bonds is 4. The zero-order valence-electron chi connectivity index (χ0n) is 11.2. The second-order valence-corrected chi connectivity index (χ2v) is 4.83. The topological polar surface area (TPSA) is 83.6 Å². The molecule has 5 heteroatoms. The number of fused-ring (bicyclic) bond motifs is 1. The third kappa shape index (κ3) is 2.58. The van der Waals surface area contributed by atoms with Crippen LogP contribution in [0, 0.1) is 0 Å². The van der Waals surface area contributed by atoms with Gasteiger partial charge in [0.05, 0.1) is 11.6 Å². The number of hydrogen-bond acceptors (Lipinski definition) is 3. The molecule has 1 atom stereocenters. The number of carbonyl (C=O) groups is 2. The summed E-state index contributed by atoms with van der Waals surface area (Å²) in [6, 6.07) is 4.37. The molecule has 1 aromatic carbocycles. The van der Waals surface area contributed by atoms with Gasteiger partial charge in [-0.3, -0.25) is 4.79 Å². The maximum atomic E-state index is 12.3. The molecular formula is C15H18N2O3. The maximum absolute atomic E-state index is 12.3. The number of nitrogens with zero attached hydrogens (tertiary/aromatic N) is 1. The molecule has 1 amide bonds. The van der Waals surface area contributed by atoms with Gasteiger partial charge < -0.3 is 15.7 Å². The smallest absolute Gasteiger partial charge is 0.336 e. The number of carboxylic acids is 1. The van der Waals surface area contributed by atoms with Gasteiger partial charge in [-0.05, 0) is 37.0 Å². The van der Waals surface area contributed by atoms with Gasteiger partial charge in [0.2, 0.25) is 5.91 Å². The van der Waals surface area contributed by atoms with E-state index in [9.17, 15) is 14.7 Å². The van der Waals surface area contributed by atoms with Gasteiger partial charge in [0.1, 0.15) is 0 Å². The normalized spacial score (nSPS) is 15.3. The van der Waals surface area contributed by atoms with Crippen LogP contribution in [0.2, 0.25) is 0 Å². The number of anilines is 1. The van der Waals surface area contributed by atoms with E-state index in [-0.39, 0.29) is 11.5 Å². The van der Waals surface area contributed by atoms with Crippen LogP contribution in [-0.2, 0) is 11.2 Å². The molecular weight excluding hydrogens is 256 g/mol. The summed E-state index contributed by atoms with van der Waals surface area (Å²) in [5.74, 6) is -1.15. The van der Waals surface area contributed by atoms with Crippen molar-refractivity contribution in [1.29, 1.82) is 0 Å². The Bertz CT molecular complexity index is 554. The zero-order valence-corrected chi connectivity index (χ0v) is 11.2. The van der Waals surface area contributed by atoms with Gasteiger partial charge in [0.15, 0.2) is 0 Å². The molecule has 0 aliphatic carbocycles. The Hall–Kier alpha value is -2.14. The van der Waals surface area contributed by atoms with E-state index in [0.29, 0.717) is 30.6 Å². The van der Waals surface area contributed by atoms with Crippen molar-refractivity contribution < 1.29 is 14.7 Å². The fourth-order valence-electron chi connectivity index (χ4n) is 2.53. The maximum Gasteiger partial charge on any atom is 0.336 e. The predicted molar refractivity (Wildman–Crippen MR) is 76.9 cm³/mol. The number of amides is 1. The molecule has 0 aromatic heterocycles. The van der Waals surface area contributed by atoms with Crippen LogP contribution in [0.3, 0.4) is 0 Å². The largest absolute Gasteiger partial charge is 0.478 e. The molecule has 5 nitrogen and oxygen atoms in total. The molecule has 1 unspecified atom stereocenters. The molecule has 0 radical (unpaired) electrons. The molecule has 1 aliphatic rings. The highest BCUT2D eigenvalue weighted by Crippen LogP contribution is 2.30. The van der Waals surface area contributed by atoms with Crippen molar-refractivity contribution in [3.05, 3.63) is 42.0 Å². The highest BCUT2D eigenvalue weighted by Gasteiger charge is 2.28. The summed E-state index contributed by atoms with van der Waals surface area (Å²) in [6.45, 7) is 4.15.